The van der Waals surface area contributed by atoms with Gasteiger partial charge in [0.25, 0.3) is 5.91 Å². The summed E-state index contributed by atoms with van der Waals surface area (Å²) < 4.78 is 5.39. The number of hydrogen-bond donors (Lipinski definition) is 3. The molecular weight excluding hydrogens is 332 g/mol. The first-order valence-electron chi connectivity index (χ1n) is 8.82. The SMILES string of the molecule is Nc1c(NNC(=O)COc2ccccc2)ncnc1N1CCCCCC1. The van der Waals surface area contributed by atoms with E-state index in [1.165, 1.54) is 19.2 Å². The van der Waals surface area contributed by atoms with Gasteiger partial charge < -0.3 is 15.4 Å². The molecule has 2 aromatic rings. The monoisotopic (exact) mass is 356 g/mol. The summed E-state index contributed by atoms with van der Waals surface area (Å²) in [7, 11) is 0. The number of ether oxygens (including phenoxy) is 1. The average molecular weight is 356 g/mol. The van der Waals surface area contributed by atoms with Crippen molar-refractivity contribution in [2.24, 2.45) is 0 Å². The summed E-state index contributed by atoms with van der Waals surface area (Å²) in [5.41, 5.74) is 11.9. The van der Waals surface area contributed by atoms with Crippen molar-refractivity contribution in [1.82, 2.24) is 15.4 Å². The van der Waals surface area contributed by atoms with Crippen LogP contribution in [-0.2, 0) is 4.79 Å². The summed E-state index contributed by atoms with van der Waals surface area (Å²) >= 11 is 0. The molecule has 1 amide bonds. The fourth-order valence-electron chi connectivity index (χ4n) is 2.85. The number of carbonyl (C=O) groups excluding carboxylic acids is 1. The number of nitrogens with two attached hydrogens (primary N) is 1. The number of nitrogens with zero attached hydrogens (tertiary/aromatic N) is 3. The second kappa shape index (κ2) is 8.89. The maximum absolute atomic E-state index is 11.9. The number of benzene rings is 1. The lowest BCUT2D eigenvalue weighted by atomic mass is 10.2. The summed E-state index contributed by atoms with van der Waals surface area (Å²) in [5.74, 6) is 1.39. The topological polar surface area (TPSA) is 105 Å². The number of nitrogens with one attached hydrogen (secondary N) is 2. The minimum Gasteiger partial charge on any atom is -0.484 e. The Morgan fingerprint density at radius 1 is 1.12 bits per heavy atom. The van der Waals surface area contributed by atoms with Crippen LogP contribution in [0.25, 0.3) is 0 Å². The molecule has 0 bridgehead atoms. The molecule has 1 fully saturated rings. The second-order valence-electron chi connectivity index (χ2n) is 6.14. The second-order valence-corrected chi connectivity index (χ2v) is 6.14. The number of hydrazine groups is 1. The molecule has 8 heteroatoms. The fourth-order valence-corrected chi connectivity index (χ4v) is 2.85. The van der Waals surface area contributed by atoms with Gasteiger partial charge in [0.1, 0.15) is 17.8 Å². The first-order valence-corrected chi connectivity index (χ1v) is 8.82. The van der Waals surface area contributed by atoms with Crippen LogP contribution in [0.15, 0.2) is 36.7 Å². The molecule has 0 unspecified atom stereocenters. The number of aromatic nitrogens is 2. The third-order valence-electron chi connectivity index (χ3n) is 4.20. The molecule has 1 aromatic heterocycles. The Kier molecular flexibility index (Phi) is 6.08. The van der Waals surface area contributed by atoms with E-state index in [9.17, 15) is 4.79 Å². The molecule has 138 valence electrons. The minimum atomic E-state index is -0.330. The summed E-state index contributed by atoms with van der Waals surface area (Å²) in [6.07, 6.45) is 6.15. The van der Waals surface area contributed by atoms with Gasteiger partial charge >= 0.3 is 0 Å². The molecule has 0 spiro atoms. The fraction of sp³-hybridized carbons (Fsp3) is 0.389. The zero-order chi connectivity index (χ0) is 18.2. The van der Waals surface area contributed by atoms with Crippen molar-refractivity contribution in [2.45, 2.75) is 25.7 Å². The van der Waals surface area contributed by atoms with Crippen molar-refractivity contribution in [3.8, 4) is 5.75 Å². The first kappa shape index (κ1) is 17.8. The lowest BCUT2D eigenvalue weighted by Gasteiger charge is -2.23. The van der Waals surface area contributed by atoms with Crippen molar-refractivity contribution in [3.63, 3.8) is 0 Å². The summed E-state index contributed by atoms with van der Waals surface area (Å²) in [6.45, 7) is 1.75. The molecule has 0 saturated carbocycles. The first-order chi connectivity index (χ1) is 12.7. The molecule has 26 heavy (non-hydrogen) atoms. The Balaban J connectivity index is 1.56. The van der Waals surface area contributed by atoms with Crippen LogP contribution in [0, 0.1) is 0 Å². The number of rotatable bonds is 6. The molecule has 8 nitrogen and oxygen atoms in total. The molecular formula is C18H24N6O2. The molecule has 1 aliphatic heterocycles. The van der Waals surface area contributed by atoms with Crippen LogP contribution in [0.3, 0.4) is 0 Å². The molecule has 1 aromatic carbocycles. The standard InChI is InChI=1S/C18H24N6O2/c19-16-17(20-13-21-18(16)24-10-6-1-2-7-11-24)23-22-15(25)12-26-14-8-4-3-5-9-14/h3-5,8-9,13H,1-2,6-7,10-12,19H2,(H,22,25)(H,20,21,23). The largest absolute Gasteiger partial charge is 0.484 e. The van der Waals surface area contributed by atoms with Gasteiger partial charge in [0.15, 0.2) is 18.2 Å². The van der Waals surface area contributed by atoms with E-state index in [1.807, 2.05) is 18.2 Å². The highest BCUT2D eigenvalue weighted by Gasteiger charge is 2.17. The van der Waals surface area contributed by atoms with Gasteiger partial charge in [0, 0.05) is 13.1 Å². The van der Waals surface area contributed by atoms with E-state index in [0.29, 0.717) is 23.1 Å². The van der Waals surface area contributed by atoms with E-state index >= 15 is 0 Å². The van der Waals surface area contributed by atoms with E-state index < -0.39 is 0 Å². The minimum absolute atomic E-state index is 0.110. The third kappa shape index (κ3) is 4.75. The van der Waals surface area contributed by atoms with Gasteiger partial charge in [-0.3, -0.25) is 15.6 Å². The number of carbonyl (C=O) groups is 1. The van der Waals surface area contributed by atoms with Crippen LogP contribution in [-0.4, -0.2) is 35.6 Å². The molecule has 2 heterocycles. The predicted octanol–water partition coefficient (Wildman–Crippen LogP) is 1.96. The Labute approximate surface area is 152 Å². The lowest BCUT2D eigenvalue weighted by Crippen LogP contribution is -2.34. The highest BCUT2D eigenvalue weighted by atomic mass is 16.5. The van der Waals surface area contributed by atoms with Crippen LogP contribution in [0.5, 0.6) is 5.75 Å². The quantitative estimate of drug-likeness (QED) is 0.680. The normalized spacial score (nSPS) is 14.4. The maximum Gasteiger partial charge on any atom is 0.276 e. The molecule has 3 rings (SSSR count). The zero-order valence-corrected chi connectivity index (χ0v) is 14.6. The number of para-hydroxylation sites is 1. The van der Waals surface area contributed by atoms with Gasteiger partial charge in [-0.2, -0.15) is 0 Å². The van der Waals surface area contributed by atoms with Crippen LogP contribution in [0.2, 0.25) is 0 Å². The van der Waals surface area contributed by atoms with Crippen LogP contribution in [0.4, 0.5) is 17.3 Å². The summed E-state index contributed by atoms with van der Waals surface area (Å²) in [6, 6.07) is 9.15. The van der Waals surface area contributed by atoms with Crippen molar-refractivity contribution in [2.75, 3.05) is 35.8 Å². The van der Waals surface area contributed by atoms with Gasteiger partial charge in [0.2, 0.25) is 0 Å². The zero-order valence-electron chi connectivity index (χ0n) is 14.6. The molecule has 0 atom stereocenters. The van der Waals surface area contributed by atoms with Crippen molar-refractivity contribution in [1.29, 1.82) is 0 Å². The maximum atomic E-state index is 11.9. The molecule has 1 saturated heterocycles. The summed E-state index contributed by atoms with van der Waals surface area (Å²) in [5, 5.41) is 0. The Bertz CT molecular complexity index is 717. The van der Waals surface area contributed by atoms with Crippen molar-refractivity contribution in [3.05, 3.63) is 36.7 Å². The third-order valence-corrected chi connectivity index (χ3v) is 4.20. The Morgan fingerprint density at radius 3 is 2.58 bits per heavy atom. The van der Waals surface area contributed by atoms with E-state index in [4.69, 9.17) is 10.5 Å². The lowest BCUT2D eigenvalue weighted by molar-refractivity contribution is -0.122. The van der Waals surface area contributed by atoms with E-state index in [-0.39, 0.29) is 12.5 Å². The molecule has 0 radical (unpaired) electrons. The Hall–Kier alpha value is -3.03. The molecule has 1 aliphatic rings. The van der Waals surface area contributed by atoms with E-state index in [0.717, 1.165) is 25.9 Å². The predicted molar refractivity (Wildman–Crippen MR) is 101 cm³/mol. The van der Waals surface area contributed by atoms with Crippen molar-refractivity contribution < 1.29 is 9.53 Å². The van der Waals surface area contributed by atoms with Gasteiger partial charge in [0.05, 0.1) is 0 Å². The van der Waals surface area contributed by atoms with Gasteiger partial charge in [-0.15, -0.1) is 0 Å². The Morgan fingerprint density at radius 2 is 1.85 bits per heavy atom. The van der Waals surface area contributed by atoms with Crippen LogP contribution < -0.4 is 26.2 Å². The van der Waals surface area contributed by atoms with E-state index in [1.54, 1.807) is 12.1 Å². The average Bonchev–Trinajstić information content (AvgIpc) is 2.96. The smallest absolute Gasteiger partial charge is 0.276 e. The van der Waals surface area contributed by atoms with Gasteiger partial charge in [-0.05, 0) is 25.0 Å². The number of nitrogen functional groups attached to an aromatic ring is 1. The highest BCUT2D eigenvalue weighted by molar-refractivity contribution is 5.81. The van der Waals surface area contributed by atoms with E-state index in [2.05, 4.69) is 25.7 Å². The number of hydrogen-bond acceptors (Lipinski definition) is 7. The van der Waals surface area contributed by atoms with Crippen LogP contribution in [0.1, 0.15) is 25.7 Å². The molecule has 0 aliphatic carbocycles. The highest BCUT2D eigenvalue weighted by Crippen LogP contribution is 2.27. The van der Waals surface area contributed by atoms with Gasteiger partial charge in [-0.25, -0.2) is 9.97 Å². The van der Waals surface area contributed by atoms with Crippen molar-refractivity contribution >= 4 is 23.2 Å². The summed E-state index contributed by atoms with van der Waals surface area (Å²) in [4.78, 5) is 22.6. The number of anilines is 3. The van der Waals surface area contributed by atoms with Gasteiger partial charge in [-0.1, -0.05) is 31.0 Å². The number of amides is 1. The van der Waals surface area contributed by atoms with Crippen LogP contribution >= 0.6 is 0 Å². The molecule has 4 N–H and O–H groups in total.